The first-order valence-corrected chi connectivity index (χ1v) is 8.55. The number of hydrogen-bond donors (Lipinski definition) is 0. The Hall–Kier alpha value is -1.95. The average Bonchev–Trinajstić information content (AvgIpc) is 2.74. The van der Waals surface area contributed by atoms with Crippen LogP contribution in [0, 0.1) is 12.8 Å². The molecule has 6 heteroatoms. The summed E-state index contributed by atoms with van der Waals surface area (Å²) in [7, 11) is 0. The Balaban J connectivity index is 2.51. The molecule has 0 aliphatic rings. The van der Waals surface area contributed by atoms with E-state index in [9.17, 15) is 9.59 Å². The molecule has 0 saturated heterocycles. The minimum absolute atomic E-state index is 0.0602. The van der Waals surface area contributed by atoms with Crippen LogP contribution in [-0.2, 0) is 20.9 Å². The van der Waals surface area contributed by atoms with Gasteiger partial charge < -0.3 is 9.30 Å². The number of rotatable bonds is 5. The maximum atomic E-state index is 12.0. The normalized spacial score (nSPS) is 12.1. The molecule has 0 spiro atoms. The van der Waals surface area contributed by atoms with Crippen molar-refractivity contribution in [3.63, 3.8) is 0 Å². The first-order chi connectivity index (χ1) is 10.9. The number of aromatic nitrogens is 1. The van der Waals surface area contributed by atoms with Gasteiger partial charge in [-0.1, -0.05) is 31.3 Å². The molecule has 0 atom stereocenters. The van der Waals surface area contributed by atoms with Crippen molar-refractivity contribution in [3.8, 4) is 0 Å². The van der Waals surface area contributed by atoms with Gasteiger partial charge in [-0.05, 0) is 37.5 Å². The van der Waals surface area contributed by atoms with Gasteiger partial charge in [-0.3, -0.25) is 9.59 Å². The Morgan fingerprint density at radius 3 is 2.74 bits per heavy atom. The molecule has 0 bridgehead atoms. The van der Waals surface area contributed by atoms with Crippen LogP contribution in [0.2, 0.25) is 0 Å². The predicted molar refractivity (Wildman–Crippen MR) is 91.2 cm³/mol. The van der Waals surface area contributed by atoms with E-state index in [-0.39, 0.29) is 24.3 Å². The van der Waals surface area contributed by atoms with Crippen LogP contribution in [0.1, 0.15) is 32.8 Å². The van der Waals surface area contributed by atoms with Gasteiger partial charge in [-0.25, -0.2) is 0 Å². The molecule has 1 aromatic heterocycles. The summed E-state index contributed by atoms with van der Waals surface area (Å²) in [5.41, 5.74) is 2.02. The van der Waals surface area contributed by atoms with Crippen molar-refractivity contribution >= 4 is 33.4 Å². The van der Waals surface area contributed by atoms with Gasteiger partial charge in [-0.2, -0.15) is 4.99 Å². The first-order valence-electron chi connectivity index (χ1n) is 7.74. The quantitative estimate of drug-likeness (QED) is 0.790. The van der Waals surface area contributed by atoms with E-state index in [4.69, 9.17) is 4.74 Å². The van der Waals surface area contributed by atoms with E-state index in [1.165, 1.54) is 11.3 Å². The minimum atomic E-state index is -0.328. The van der Waals surface area contributed by atoms with Crippen molar-refractivity contribution in [1.29, 1.82) is 0 Å². The van der Waals surface area contributed by atoms with E-state index >= 15 is 0 Å². The number of benzene rings is 1. The number of esters is 1. The molecule has 0 aliphatic heterocycles. The van der Waals surface area contributed by atoms with Crippen molar-refractivity contribution in [2.75, 3.05) is 6.61 Å². The summed E-state index contributed by atoms with van der Waals surface area (Å²) >= 11 is 1.42. The molecule has 1 aromatic carbocycles. The van der Waals surface area contributed by atoms with E-state index in [0.717, 1.165) is 15.8 Å². The largest absolute Gasteiger partial charge is 0.465 e. The second-order valence-electron chi connectivity index (χ2n) is 5.85. The van der Waals surface area contributed by atoms with Gasteiger partial charge in [0.2, 0.25) is 5.91 Å². The molecule has 2 aromatic rings. The van der Waals surface area contributed by atoms with Crippen molar-refractivity contribution < 1.29 is 14.3 Å². The number of aryl methyl sites for hydroxylation is 1. The number of carbonyl (C=O) groups is 2. The highest BCUT2D eigenvalue weighted by molar-refractivity contribution is 7.16. The average molecular weight is 334 g/mol. The Kier molecular flexibility index (Phi) is 5.71. The number of ether oxygens (including phenoxy) is 1. The molecule has 0 saturated carbocycles. The molecule has 1 amide bonds. The van der Waals surface area contributed by atoms with Gasteiger partial charge in [0, 0.05) is 6.42 Å². The lowest BCUT2D eigenvalue weighted by Gasteiger charge is -2.05. The zero-order valence-corrected chi connectivity index (χ0v) is 14.8. The highest BCUT2D eigenvalue weighted by Gasteiger charge is 2.12. The smallest absolute Gasteiger partial charge is 0.326 e. The van der Waals surface area contributed by atoms with Crippen LogP contribution >= 0.6 is 11.3 Å². The van der Waals surface area contributed by atoms with E-state index in [1.807, 2.05) is 39.0 Å². The second kappa shape index (κ2) is 7.55. The summed E-state index contributed by atoms with van der Waals surface area (Å²) in [6, 6.07) is 5.97. The standard InChI is InChI=1S/C17H22N2O3S/c1-5-22-16(21)10-19-13-7-6-12(4)9-14(13)23-17(19)18-15(20)8-11(2)3/h6-7,9,11H,5,8,10H2,1-4H3. The topological polar surface area (TPSA) is 60.7 Å². The molecule has 5 nitrogen and oxygen atoms in total. The summed E-state index contributed by atoms with van der Waals surface area (Å²) in [6.07, 6.45) is 0.396. The maximum absolute atomic E-state index is 12.0. The molecular weight excluding hydrogens is 312 g/mol. The van der Waals surface area contributed by atoms with E-state index in [0.29, 0.717) is 17.8 Å². The number of hydrogen-bond acceptors (Lipinski definition) is 4. The highest BCUT2D eigenvalue weighted by Crippen LogP contribution is 2.19. The van der Waals surface area contributed by atoms with Gasteiger partial charge in [0.15, 0.2) is 4.80 Å². The van der Waals surface area contributed by atoms with Gasteiger partial charge >= 0.3 is 5.97 Å². The fourth-order valence-corrected chi connectivity index (χ4v) is 3.40. The fourth-order valence-electron chi connectivity index (χ4n) is 2.26. The minimum Gasteiger partial charge on any atom is -0.465 e. The van der Waals surface area contributed by atoms with Crippen molar-refractivity contribution in [2.45, 2.75) is 40.7 Å². The van der Waals surface area contributed by atoms with Gasteiger partial charge in [-0.15, -0.1) is 0 Å². The lowest BCUT2D eigenvalue weighted by atomic mass is 10.1. The number of nitrogens with zero attached hydrogens (tertiary/aromatic N) is 2. The molecule has 0 N–H and O–H groups in total. The Labute approximate surface area is 139 Å². The van der Waals surface area contributed by atoms with Gasteiger partial charge in [0.1, 0.15) is 6.54 Å². The SMILES string of the molecule is CCOC(=O)Cn1c(=NC(=O)CC(C)C)sc2cc(C)ccc21. The molecule has 23 heavy (non-hydrogen) atoms. The first kappa shape index (κ1) is 17.4. The Morgan fingerprint density at radius 1 is 1.35 bits per heavy atom. The van der Waals surface area contributed by atoms with Crippen LogP contribution < -0.4 is 4.80 Å². The molecule has 0 fully saturated rings. The number of thiazole rings is 1. The molecule has 0 aliphatic carbocycles. The summed E-state index contributed by atoms with van der Waals surface area (Å²) < 4.78 is 7.80. The van der Waals surface area contributed by atoms with Crippen molar-refractivity contribution in [1.82, 2.24) is 4.57 Å². The number of amides is 1. The predicted octanol–water partition coefficient (Wildman–Crippen LogP) is 3.05. The zero-order chi connectivity index (χ0) is 17.0. The zero-order valence-electron chi connectivity index (χ0n) is 14.0. The summed E-state index contributed by atoms with van der Waals surface area (Å²) in [5.74, 6) is -0.243. The molecular formula is C17H22N2O3S. The second-order valence-corrected chi connectivity index (χ2v) is 6.86. The van der Waals surface area contributed by atoms with E-state index < -0.39 is 0 Å². The maximum Gasteiger partial charge on any atom is 0.326 e. The molecule has 0 radical (unpaired) electrons. The Bertz CT molecular complexity index is 787. The monoisotopic (exact) mass is 334 g/mol. The third-order valence-corrected chi connectivity index (χ3v) is 4.28. The van der Waals surface area contributed by atoms with Gasteiger partial charge in [0.05, 0.1) is 16.8 Å². The lowest BCUT2D eigenvalue weighted by Crippen LogP contribution is -2.23. The molecule has 1 heterocycles. The highest BCUT2D eigenvalue weighted by atomic mass is 32.1. The molecule has 0 unspecified atom stereocenters. The summed E-state index contributed by atoms with van der Waals surface area (Å²) in [6.45, 7) is 8.14. The van der Waals surface area contributed by atoms with Crippen LogP contribution in [-0.4, -0.2) is 23.1 Å². The van der Waals surface area contributed by atoms with Crippen LogP contribution in [0.25, 0.3) is 10.2 Å². The fraction of sp³-hybridized carbons (Fsp3) is 0.471. The number of carbonyl (C=O) groups excluding carboxylic acids is 2. The van der Waals surface area contributed by atoms with E-state index in [1.54, 1.807) is 11.5 Å². The van der Waals surface area contributed by atoms with Crippen molar-refractivity contribution in [3.05, 3.63) is 28.6 Å². The van der Waals surface area contributed by atoms with Crippen LogP contribution in [0.3, 0.4) is 0 Å². The van der Waals surface area contributed by atoms with Crippen molar-refractivity contribution in [2.24, 2.45) is 10.9 Å². The van der Waals surface area contributed by atoms with Crippen LogP contribution in [0.5, 0.6) is 0 Å². The third-order valence-electron chi connectivity index (χ3n) is 3.23. The van der Waals surface area contributed by atoms with E-state index in [2.05, 4.69) is 4.99 Å². The summed E-state index contributed by atoms with van der Waals surface area (Å²) in [4.78, 5) is 28.7. The molecule has 124 valence electrons. The Morgan fingerprint density at radius 2 is 2.09 bits per heavy atom. The van der Waals surface area contributed by atoms with Crippen LogP contribution in [0.4, 0.5) is 0 Å². The number of fused-ring (bicyclic) bond motifs is 1. The lowest BCUT2D eigenvalue weighted by molar-refractivity contribution is -0.143. The summed E-state index contributed by atoms with van der Waals surface area (Å²) in [5, 5.41) is 0. The molecule has 2 rings (SSSR count). The third kappa shape index (κ3) is 4.51. The van der Waals surface area contributed by atoms with Gasteiger partial charge in [0.25, 0.3) is 0 Å². The van der Waals surface area contributed by atoms with Crippen LogP contribution in [0.15, 0.2) is 23.2 Å².